The highest BCUT2D eigenvalue weighted by Gasteiger charge is 2.09. The Kier molecular flexibility index (Phi) is 4.56. The van der Waals surface area contributed by atoms with E-state index in [9.17, 15) is 0 Å². The van der Waals surface area contributed by atoms with Crippen LogP contribution in [0.5, 0.6) is 0 Å². The zero-order chi connectivity index (χ0) is 12.8. The first kappa shape index (κ1) is 12.9. The van der Waals surface area contributed by atoms with E-state index >= 15 is 0 Å². The van der Waals surface area contributed by atoms with Crippen molar-refractivity contribution in [2.24, 2.45) is 5.84 Å². The van der Waals surface area contributed by atoms with Crippen LogP contribution in [0, 0.1) is 6.92 Å². The predicted molar refractivity (Wildman–Crippen MR) is 73.0 cm³/mol. The predicted octanol–water partition coefficient (Wildman–Crippen LogP) is 2.60. The van der Waals surface area contributed by atoms with E-state index in [1.165, 1.54) is 11.1 Å². The van der Waals surface area contributed by atoms with Crippen molar-refractivity contribution >= 4 is 0 Å². The Hall–Kier alpha value is -1.58. The molecule has 3 N–H and O–H groups in total. The number of hydrogen-bond acceptors (Lipinski definition) is 3. The second-order valence-electron chi connectivity index (χ2n) is 4.67. The van der Waals surface area contributed by atoms with Crippen molar-refractivity contribution in [1.82, 2.24) is 5.43 Å². The lowest BCUT2D eigenvalue weighted by atomic mass is 10.0. The molecule has 1 heterocycles. The SMILES string of the molecule is Cc1ccc(CCC(Cc2ccco2)NN)cc1. The maximum absolute atomic E-state index is 5.59. The van der Waals surface area contributed by atoms with Crippen LogP contribution in [0.2, 0.25) is 0 Å². The Morgan fingerprint density at radius 1 is 1.22 bits per heavy atom. The number of furan rings is 1. The number of hydrazine groups is 1. The van der Waals surface area contributed by atoms with E-state index in [1.807, 2.05) is 12.1 Å². The van der Waals surface area contributed by atoms with E-state index in [4.69, 9.17) is 10.3 Å². The normalized spacial score (nSPS) is 12.6. The summed E-state index contributed by atoms with van der Waals surface area (Å²) in [5, 5.41) is 0. The highest BCUT2D eigenvalue weighted by Crippen LogP contribution is 2.11. The van der Waals surface area contributed by atoms with Crippen LogP contribution in [0.1, 0.15) is 23.3 Å². The van der Waals surface area contributed by atoms with Gasteiger partial charge in [-0.3, -0.25) is 11.3 Å². The van der Waals surface area contributed by atoms with Crippen molar-refractivity contribution in [1.29, 1.82) is 0 Å². The average Bonchev–Trinajstić information content (AvgIpc) is 2.89. The molecule has 0 fully saturated rings. The van der Waals surface area contributed by atoms with Gasteiger partial charge in [-0.2, -0.15) is 0 Å². The van der Waals surface area contributed by atoms with Gasteiger partial charge in [0.25, 0.3) is 0 Å². The van der Waals surface area contributed by atoms with E-state index in [0.29, 0.717) is 0 Å². The van der Waals surface area contributed by atoms with Crippen molar-refractivity contribution in [2.45, 2.75) is 32.2 Å². The Labute approximate surface area is 108 Å². The summed E-state index contributed by atoms with van der Waals surface area (Å²) in [6.07, 6.45) is 4.55. The molecule has 0 bridgehead atoms. The van der Waals surface area contributed by atoms with Crippen molar-refractivity contribution in [3.8, 4) is 0 Å². The molecule has 2 rings (SSSR count). The van der Waals surface area contributed by atoms with Crippen LogP contribution >= 0.6 is 0 Å². The van der Waals surface area contributed by atoms with Crippen LogP contribution in [0.15, 0.2) is 47.1 Å². The van der Waals surface area contributed by atoms with Crippen LogP contribution in [0.4, 0.5) is 0 Å². The summed E-state index contributed by atoms with van der Waals surface area (Å²) < 4.78 is 5.34. The summed E-state index contributed by atoms with van der Waals surface area (Å²) >= 11 is 0. The number of rotatable bonds is 6. The number of nitrogens with one attached hydrogen (secondary N) is 1. The van der Waals surface area contributed by atoms with E-state index in [-0.39, 0.29) is 6.04 Å². The molecule has 18 heavy (non-hydrogen) atoms. The van der Waals surface area contributed by atoms with Crippen molar-refractivity contribution in [2.75, 3.05) is 0 Å². The minimum atomic E-state index is 0.248. The monoisotopic (exact) mass is 244 g/mol. The summed E-state index contributed by atoms with van der Waals surface area (Å²) in [4.78, 5) is 0. The van der Waals surface area contributed by atoms with Crippen molar-refractivity contribution < 1.29 is 4.42 Å². The summed E-state index contributed by atoms with van der Waals surface area (Å²) in [6.45, 7) is 2.10. The number of hydrogen-bond donors (Lipinski definition) is 2. The quantitative estimate of drug-likeness (QED) is 0.606. The molecule has 0 aliphatic carbocycles. The fraction of sp³-hybridized carbons (Fsp3) is 0.333. The molecule has 2 aromatic rings. The van der Waals surface area contributed by atoms with Gasteiger partial charge < -0.3 is 4.42 Å². The number of aryl methyl sites for hydroxylation is 2. The lowest BCUT2D eigenvalue weighted by Gasteiger charge is -2.14. The minimum Gasteiger partial charge on any atom is -0.469 e. The van der Waals surface area contributed by atoms with Crippen LogP contribution < -0.4 is 11.3 Å². The fourth-order valence-corrected chi connectivity index (χ4v) is 2.01. The highest BCUT2D eigenvalue weighted by molar-refractivity contribution is 5.21. The lowest BCUT2D eigenvalue weighted by molar-refractivity contribution is 0.430. The van der Waals surface area contributed by atoms with Crippen LogP contribution in [-0.2, 0) is 12.8 Å². The Bertz CT molecular complexity index is 448. The molecule has 3 nitrogen and oxygen atoms in total. The van der Waals surface area contributed by atoms with Gasteiger partial charge >= 0.3 is 0 Å². The number of benzene rings is 1. The van der Waals surface area contributed by atoms with Gasteiger partial charge in [-0.15, -0.1) is 0 Å². The molecule has 0 radical (unpaired) electrons. The van der Waals surface area contributed by atoms with Crippen LogP contribution in [-0.4, -0.2) is 6.04 Å². The largest absolute Gasteiger partial charge is 0.469 e. The van der Waals surface area contributed by atoms with E-state index < -0.39 is 0 Å². The second kappa shape index (κ2) is 6.38. The first-order valence-electron chi connectivity index (χ1n) is 6.32. The summed E-state index contributed by atoms with van der Waals surface area (Å²) in [7, 11) is 0. The Morgan fingerprint density at radius 2 is 2.00 bits per heavy atom. The first-order valence-corrected chi connectivity index (χ1v) is 6.32. The molecule has 3 heteroatoms. The van der Waals surface area contributed by atoms with Crippen LogP contribution in [0.3, 0.4) is 0 Å². The molecule has 0 aliphatic rings. The molecule has 0 saturated carbocycles. The Balaban J connectivity index is 1.85. The van der Waals surface area contributed by atoms with Gasteiger partial charge in [0, 0.05) is 12.5 Å². The summed E-state index contributed by atoms with van der Waals surface area (Å²) in [5.74, 6) is 6.56. The molecule has 0 saturated heterocycles. The standard InChI is InChI=1S/C15H20N2O/c1-12-4-6-13(7-5-12)8-9-14(17-16)11-15-3-2-10-18-15/h2-7,10,14,17H,8-9,11,16H2,1H3. The molecular formula is C15H20N2O. The summed E-state index contributed by atoms with van der Waals surface area (Å²) in [5.41, 5.74) is 5.50. The van der Waals surface area contributed by atoms with Gasteiger partial charge in [-0.1, -0.05) is 29.8 Å². The van der Waals surface area contributed by atoms with Gasteiger partial charge in [0.2, 0.25) is 0 Å². The van der Waals surface area contributed by atoms with Gasteiger partial charge in [-0.25, -0.2) is 0 Å². The van der Waals surface area contributed by atoms with E-state index in [1.54, 1.807) is 6.26 Å². The molecule has 0 aliphatic heterocycles. The third-order valence-electron chi connectivity index (χ3n) is 3.17. The van der Waals surface area contributed by atoms with Gasteiger partial charge in [0.15, 0.2) is 0 Å². The fourth-order valence-electron chi connectivity index (χ4n) is 2.01. The van der Waals surface area contributed by atoms with Crippen molar-refractivity contribution in [3.63, 3.8) is 0 Å². The van der Waals surface area contributed by atoms with Gasteiger partial charge in [-0.05, 0) is 37.5 Å². The van der Waals surface area contributed by atoms with Crippen molar-refractivity contribution in [3.05, 3.63) is 59.5 Å². The molecule has 0 spiro atoms. The zero-order valence-electron chi connectivity index (χ0n) is 10.7. The average molecular weight is 244 g/mol. The lowest BCUT2D eigenvalue weighted by Crippen LogP contribution is -2.37. The number of nitrogens with two attached hydrogens (primary N) is 1. The summed E-state index contributed by atoms with van der Waals surface area (Å²) in [6, 6.07) is 12.8. The van der Waals surface area contributed by atoms with E-state index in [0.717, 1.165) is 25.0 Å². The molecule has 96 valence electrons. The molecule has 1 aromatic carbocycles. The van der Waals surface area contributed by atoms with Gasteiger partial charge in [0.05, 0.1) is 6.26 Å². The zero-order valence-corrected chi connectivity index (χ0v) is 10.7. The Morgan fingerprint density at radius 3 is 2.61 bits per heavy atom. The molecular weight excluding hydrogens is 224 g/mol. The van der Waals surface area contributed by atoms with Crippen LogP contribution in [0.25, 0.3) is 0 Å². The maximum atomic E-state index is 5.59. The highest BCUT2D eigenvalue weighted by atomic mass is 16.3. The maximum Gasteiger partial charge on any atom is 0.105 e. The third-order valence-corrected chi connectivity index (χ3v) is 3.17. The second-order valence-corrected chi connectivity index (χ2v) is 4.67. The molecule has 1 atom stereocenters. The topological polar surface area (TPSA) is 51.2 Å². The first-order chi connectivity index (χ1) is 8.78. The van der Waals surface area contributed by atoms with E-state index in [2.05, 4.69) is 36.6 Å². The minimum absolute atomic E-state index is 0.248. The molecule has 1 unspecified atom stereocenters. The molecule has 0 amide bonds. The smallest absolute Gasteiger partial charge is 0.105 e. The third kappa shape index (κ3) is 3.72. The molecule has 1 aromatic heterocycles. The van der Waals surface area contributed by atoms with Gasteiger partial charge in [0.1, 0.15) is 5.76 Å².